The summed E-state index contributed by atoms with van der Waals surface area (Å²) in [6.45, 7) is 14.2. The maximum Gasteiger partial charge on any atom is 0.315 e. The third-order valence-electron chi connectivity index (χ3n) is 8.86. The van der Waals surface area contributed by atoms with Crippen molar-refractivity contribution in [1.29, 1.82) is 0 Å². The number of ketones is 1. The Bertz CT molecular complexity index is 1300. The van der Waals surface area contributed by atoms with Crippen LogP contribution in [0, 0.1) is 22.7 Å². The Hall–Kier alpha value is -3.14. The molecule has 0 aromatic heterocycles. The van der Waals surface area contributed by atoms with E-state index in [1.807, 2.05) is 20.8 Å². The lowest BCUT2D eigenvalue weighted by molar-refractivity contribution is -0.145. The van der Waals surface area contributed by atoms with Crippen molar-refractivity contribution < 1.29 is 41.2 Å². The summed E-state index contributed by atoms with van der Waals surface area (Å²) in [6, 6.07) is -5.43. The van der Waals surface area contributed by atoms with Crippen molar-refractivity contribution in [3.8, 4) is 0 Å². The molecule has 0 aromatic rings. The Kier molecular flexibility index (Phi) is 13.5. The maximum absolute atomic E-state index is 14.2. The van der Waals surface area contributed by atoms with Crippen molar-refractivity contribution >= 4 is 39.6 Å². The van der Waals surface area contributed by atoms with E-state index in [9.17, 15) is 41.2 Å². The van der Waals surface area contributed by atoms with Gasteiger partial charge >= 0.3 is 6.03 Å². The van der Waals surface area contributed by atoms with E-state index in [0.717, 1.165) is 23.4 Å². The van der Waals surface area contributed by atoms with Crippen molar-refractivity contribution in [3.63, 3.8) is 0 Å². The molecule has 1 heterocycles. The summed E-state index contributed by atoms with van der Waals surface area (Å²) < 4.78 is 52.2. The minimum absolute atomic E-state index is 0.0221. The molecule has 268 valence electrons. The normalized spacial score (nSPS) is 21.9. The molecule has 2 rings (SSSR count). The molecule has 0 radical (unpaired) electrons. The van der Waals surface area contributed by atoms with Crippen LogP contribution in [0.15, 0.2) is 12.7 Å². The molecule has 13 nitrogen and oxygen atoms in total. The lowest BCUT2D eigenvalue weighted by Crippen LogP contribution is -2.62. The minimum atomic E-state index is -3.54. The fourth-order valence-corrected chi connectivity index (χ4v) is 6.44. The highest BCUT2D eigenvalue weighted by Gasteiger charge is 2.52. The van der Waals surface area contributed by atoms with Gasteiger partial charge in [-0.3, -0.25) is 19.2 Å². The van der Waals surface area contributed by atoms with Gasteiger partial charge in [0.25, 0.3) is 5.91 Å². The summed E-state index contributed by atoms with van der Waals surface area (Å²) in [5, 5.41) is 10.1. The Morgan fingerprint density at radius 1 is 1.00 bits per heavy atom. The molecule has 1 aliphatic heterocycles. The molecular formula is C31H52F2N6O7S. The quantitative estimate of drug-likeness (QED) is 0.158. The van der Waals surface area contributed by atoms with Gasteiger partial charge in [-0.1, -0.05) is 54.0 Å². The first-order chi connectivity index (χ1) is 21.5. The number of halogens is 2. The second-order valence-electron chi connectivity index (χ2n) is 14.7. The zero-order chi connectivity index (χ0) is 36.1. The maximum atomic E-state index is 14.2. The topological polar surface area (TPSA) is 174 Å². The van der Waals surface area contributed by atoms with Gasteiger partial charge in [0.1, 0.15) is 18.1 Å². The molecule has 4 N–H and O–H groups in total. The van der Waals surface area contributed by atoms with E-state index in [-0.39, 0.29) is 31.5 Å². The van der Waals surface area contributed by atoms with Crippen LogP contribution in [0.2, 0.25) is 0 Å². The number of carbonyl (C=O) groups is 5. The summed E-state index contributed by atoms with van der Waals surface area (Å²) in [4.78, 5) is 67.8. The van der Waals surface area contributed by atoms with Crippen LogP contribution in [0.5, 0.6) is 0 Å². The summed E-state index contributed by atoms with van der Waals surface area (Å²) in [5.41, 5.74) is -1.42. The van der Waals surface area contributed by atoms with E-state index in [2.05, 4.69) is 27.8 Å². The van der Waals surface area contributed by atoms with E-state index in [4.69, 9.17) is 0 Å². The number of likely N-dealkylation sites (N-methyl/N-ethyl adjacent to an activating group) is 1. The average Bonchev–Trinajstić information content (AvgIpc) is 3.52. The van der Waals surface area contributed by atoms with E-state index < -0.39 is 87.4 Å². The number of rotatable bonds is 14. The Morgan fingerprint density at radius 2 is 1.62 bits per heavy atom. The molecule has 1 saturated carbocycles. The third-order valence-corrected chi connectivity index (χ3v) is 10.1. The average molecular weight is 691 g/mol. The standard InChI is InChI=1S/C31H52F2N6O7S/c1-10-14-34-27(42)24(40)20(15-22(32)33)35-26(41)23-19-13-11-12-18(19)16-39(23)28(43)25(31(5,6)7)37-29(44)36-21(30(2,3)4)17-38(8)47(9,45)46/h10,18-23,25H,1,11-17H2,2-9H3,(H,34,42)(H,35,41)(H2,36,37,44)/t18-,19-,20-,21+,23-,25+/m0/s1. The molecule has 0 aromatic carbocycles. The number of carbonyl (C=O) groups excluding carboxylic acids is 5. The first kappa shape index (κ1) is 40.0. The van der Waals surface area contributed by atoms with Crippen LogP contribution in [0.1, 0.15) is 67.2 Å². The number of fused-ring (bicyclic) bond motifs is 1. The summed E-state index contributed by atoms with van der Waals surface area (Å²) in [6.07, 6.45) is 0.402. The van der Waals surface area contributed by atoms with Crippen molar-refractivity contribution in [1.82, 2.24) is 30.5 Å². The first-order valence-corrected chi connectivity index (χ1v) is 17.6. The van der Waals surface area contributed by atoms with Crippen molar-refractivity contribution in [2.75, 3.05) is 32.9 Å². The van der Waals surface area contributed by atoms with Crippen molar-refractivity contribution in [2.45, 2.75) is 97.8 Å². The van der Waals surface area contributed by atoms with Gasteiger partial charge in [-0.15, -0.1) is 6.58 Å². The van der Waals surface area contributed by atoms with Gasteiger partial charge in [0.05, 0.1) is 6.26 Å². The van der Waals surface area contributed by atoms with E-state index in [0.29, 0.717) is 6.42 Å². The molecule has 1 saturated heterocycles. The van der Waals surface area contributed by atoms with Crippen LogP contribution in [-0.4, -0.2) is 111 Å². The number of Topliss-reactive ketones (excluding diaryl/α,β-unsaturated/α-hetero) is 1. The monoisotopic (exact) mass is 690 g/mol. The van der Waals surface area contributed by atoms with Gasteiger partial charge in [-0.05, 0) is 35.5 Å². The number of hydrogen-bond donors (Lipinski definition) is 4. The lowest BCUT2D eigenvalue weighted by Gasteiger charge is -2.38. The molecule has 0 unspecified atom stereocenters. The Balaban J connectivity index is 2.35. The van der Waals surface area contributed by atoms with E-state index >= 15 is 0 Å². The number of nitrogens with one attached hydrogen (secondary N) is 4. The van der Waals surface area contributed by atoms with Gasteiger partial charge < -0.3 is 26.2 Å². The van der Waals surface area contributed by atoms with Crippen molar-refractivity contribution in [3.05, 3.63) is 12.7 Å². The number of amides is 5. The number of urea groups is 1. The zero-order valence-electron chi connectivity index (χ0n) is 28.7. The fourth-order valence-electron chi connectivity index (χ4n) is 6.02. The van der Waals surface area contributed by atoms with E-state index in [1.54, 1.807) is 20.8 Å². The van der Waals surface area contributed by atoms with Crippen LogP contribution in [0.4, 0.5) is 13.6 Å². The zero-order valence-corrected chi connectivity index (χ0v) is 29.5. The molecular weight excluding hydrogens is 638 g/mol. The van der Waals surface area contributed by atoms with Crippen LogP contribution in [0.3, 0.4) is 0 Å². The SMILES string of the molecule is C=CCNC(=O)C(=O)[C@H](CC(F)F)NC(=O)[C@@H]1[C@H]2CCC[C@H]2CN1C(=O)[C@@H](NC(=O)N[C@H](CN(C)S(C)(=O)=O)C(C)(C)C)C(C)(C)C. The molecule has 0 spiro atoms. The molecule has 16 heteroatoms. The van der Waals surface area contributed by atoms with Crippen LogP contribution < -0.4 is 21.3 Å². The molecule has 5 amide bonds. The number of hydrogen-bond acceptors (Lipinski definition) is 7. The van der Waals surface area contributed by atoms with Crippen LogP contribution in [0.25, 0.3) is 0 Å². The highest BCUT2D eigenvalue weighted by atomic mass is 32.2. The fraction of sp³-hybridized carbons (Fsp3) is 0.774. The lowest BCUT2D eigenvalue weighted by atomic mass is 9.85. The highest BCUT2D eigenvalue weighted by molar-refractivity contribution is 7.88. The van der Waals surface area contributed by atoms with E-state index in [1.165, 1.54) is 18.0 Å². The minimum Gasteiger partial charge on any atom is -0.346 e. The van der Waals surface area contributed by atoms with Crippen molar-refractivity contribution in [2.24, 2.45) is 22.7 Å². The van der Waals surface area contributed by atoms with Gasteiger partial charge in [-0.2, -0.15) is 0 Å². The summed E-state index contributed by atoms with van der Waals surface area (Å²) in [5.74, 6) is -4.13. The molecule has 1 aliphatic carbocycles. The number of alkyl halides is 2. The predicted molar refractivity (Wildman–Crippen MR) is 173 cm³/mol. The molecule has 2 fully saturated rings. The Labute approximate surface area is 277 Å². The highest BCUT2D eigenvalue weighted by Crippen LogP contribution is 2.43. The van der Waals surface area contributed by atoms with Gasteiger partial charge in [0.2, 0.25) is 34.0 Å². The number of nitrogens with zero attached hydrogens (tertiary/aromatic N) is 2. The first-order valence-electron chi connectivity index (χ1n) is 15.8. The van der Waals surface area contributed by atoms with Gasteiger partial charge in [0.15, 0.2) is 0 Å². The predicted octanol–water partition coefficient (Wildman–Crippen LogP) is 1.64. The molecule has 47 heavy (non-hydrogen) atoms. The molecule has 6 atom stereocenters. The number of likely N-dealkylation sites (tertiary alicyclic amines) is 1. The van der Waals surface area contributed by atoms with Crippen LogP contribution in [-0.2, 0) is 29.2 Å². The van der Waals surface area contributed by atoms with Gasteiger partial charge in [0, 0.05) is 39.1 Å². The summed E-state index contributed by atoms with van der Waals surface area (Å²) in [7, 11) is -2.14. The summed E-state index contributed by atoms with van der Waals surface area (Å²) >= 11 is 0. The van der Waals surface area contributed by atoms with Gasteiger partial charge in [-0.25, -0.2) is 26.3 Å². The number of sulfonamides is 1. The largest absolute Gasteiger partial charge is 0.346 e. The molecule has 0 bridgehead atoms. The second-order valence-corrected chi connectivity index (χ2v) is 16.8. The second kappa shape index (κ2) is 15.8. The smallest absolute Gasteiger partial charge is 0.315 e. The Morgan fingerprint density at radius 3 is 2.13 bits per heavy atom. The van der Waals surface area contributed by atoms with Crippen LogP contribution >= 0.6 is 0 Å². The third kappa shape index (κ3) is 10.9. The molecule has 2 aliphatic rings.